The van der Waals surface area contributed by atoms with E-state index in [1.54, 1.807) is 0 Å². The van der Waals surface area contributed by atoms with Crippen molar-refractivity contribution in [2.45, 2.75) is 0 Å². The molecule has 0 saturated heterocycles. The van der Waals surface area contributed by atoms with E-state index in [-0.39, 0.29) is 5.56 Å². The number of H-pyrrole nitrogens is 1. The third kappa shape index (κ3) is 2.05. The molecule has 2 aromatic heterocycles. The first-order chi connectivity index (χ1) is 8.04. The smallest absolute Gasteiger partial charge is 0.262 e. The number of carbonyl (C=O) groups excluding carboxylic acids is 1. The van der Waals surface area contributed by atoms with Gasteiger partial charge in [0.1, 0.15) is 11.2 Å². The average Bonchev–Trinajstić information content (AvgIpc) is 2.32. The van der Waals surface area contributed by atoms with E-state index in [1.165, 1.54) is 19.3 Å². The molecule has 0 saturated carbocycles. The Labute approximate surface area is 109 Å². The zero-order valence-electron chi connectivity index (χ0n) is 8.67. The van der Waals surface area contributed by atoms with Crippen LogP contribution >= 0.6 is 27.5 Å². The van der Waals surface area contributed by atoms with Gasteiger partial charge in [0.25, 0.3) is 11.5 Å². The van der Waals surface area contributed by atoms with Crippen LogP contribution in [0.15, 0.2) is 21.5 Å². The van der Waals surface area contributed by atoms with Crippen molar-refractivity contribution >= 4 is 44.5 Å². The minimum absolute atomic E-state index is 0.00167. The van der Waals surface area contributed by atoms with Crippen molar-refractivity contribution in [3.8, 4) is 0 Å². The molecule has 5 nitrogen and oxygen atoms in total. The van der Waals surface area contributed by atoms with Crippen LogP contribution in [0.5, 0.6) is 0 Å². The molecule has 2 aromatic rings. The lowest BCUT2D eigenvalue weighted by molar-refractivity contribution is 0.0962. The summed E-state index contributed by atoms with van der Waals surface area (Å²) in [5.41, 5.74) is -0.152. The SMILES string of the molecule is CNC(=O)c1cc2c(Cl)c(Br)cnc2[nH]c1=O. The molecule has 0 aliphatic heterocycles. The second-order valence-corrected chi connectivity index (χ2v) is 4.51. The lowest BCUT2D eigenvalue weighted by atomic mass is 10.2. The first kappa shape index (κ1) is 12.1. The Hall–Kier alpha value is -1.40. The maximum atomic E-state index is 11.6. The van der Waals surface area contributed by atoms with Gasteiger partial charge in [-0.2, -0.15) is 0 Å². The van der Waals surface area contributed by atoms with Crippen LogP contribution in [0.25, 0.3) is 11.0 Å². The van der Waals surface area contributed by atoms with Crippen LogP contribution in [0.3, 0.4) is 0 Å². The molecule has 0 aromatic carbocycles. The van der Waals surface area contributed by atoms with Crippen molar-refractivity contribution in [1.29, 1.82) is 0 Å². The summed E-state index contributed by atoms with van der Waals surface area (Å²) in [5.74, 6) is -0.468. The Bertz CT molecular complexity index is 668. The molecule has 0 atom stereocenters. The van der Waals surface area contributed by atoms with E-state index in [4.69, 9.17) is 11.6 Å². The Kier molecular flexibility index (Phi) is 3.17. The van der Waals surface area contributed by atoms with Gasteiger partial charge in [0.2, 0.25) is 0 Å². The fourth-order valence-corrected chi connectivity index (χ4v) is 1.91. The lowest BCUT2D eigenvalue weighted by Crippen LogP contribution is -2.26. The Balaban J connectivity index is 2.82. The highest BCUT2D eigenvalue weighted by atomic mass is 79.9. The molecule has 17 heavy (non-hydrogen) atoms. The second-order valence-electron chi connectivity index (χ2n) is 3.27. The molecule has 0 aliphatic carbocycles. The van der Waals surface area contributed by atoms with Crippen LogP contribution in [0.1, 0.15) is 10.4 Å². The third-order valence-electron chi connectivity index (χ3n) is 2.25. The van der Waals surface area contributed by atoms with Gasteiger partial charge in [-0.25, -0.2) is 4.98 Å². The van der Waals surface area contributed by atoms with E-state index in [1.807, 2.05) is 0 Å². The van der Waals surface area contributed by atoms with Crippen LogP contribution in [-0.4, -0.2) is 22.9 Å². The summed E-state index contributed by atoms with van der Waals surface area (Å²) in [6, 6.07) is 1.42. The van der Waals surface area contributed by atoms with E-state index < -0.39 is 11.5 Å². The number of halogens is 2. The van der Waals surface area contributed by atoms with E-state index >= 15 is 0 Å². The minimum atomic E-state index is -0.497. The zero-order chi connectivity index (χ0) is 12.6. The normalized spacial score (nSPS) is 10.5. The largest absolute Gasteiger partial charge is 0.355 e. The van der Waals surface area contributed by atoms with Gasteiger partial charge in [-0.15, -0.1) is 0 Å². The van der Waals surface area contributed by atoms with Crippen LogP contribution in [-0.2, 0) is 0 Å². The van der Waals surface area contributed by atoms with Gasteiger partial charge in [0.15, 0.2) is 0 Å². The molecule has 0 bridgehead atoms. The molecule has 7 heteroatoms. The summed E-state index contributed by atoms with van der Waals surface area (Å²) >= 11 is 9.28. The monoisotopic (exact) mass is 315 g/mol. The number of amides is 1. The van der Waals surface area contributed by atoms with E-state index in [0.717, 1.165) is 0 Å². The molecule has 0 aliphatic rings. The average molecular weight is 317 g/mol. The first-order valence-electron chi connectivity index (χ1n) is 4.63. The number of rotatable bonds is 1. The highest BCUT2D eigenvalue weighted by Crippen LogP contribution is 2.28. The molecule has 0 unspecified atom stereocenters. The summed E-state index contributed by atoms with van der Waals surface area (Å²) in [6.07, 6.45) is 1.49. The van der Waals surface area contributed by atoms with Gasteiger partial charge >= 0.3 is 0 Å². The van der Waals surface area contributed by atoms with E-state index in [2.05, 4.69) is 31.2 Å². The van der Waals surface area contributed by atoms with Gasteiger partial charge in [-0.05, 0) is 22.0 Å². The number of aromatic amines is 1. The summed E-state index contributed by atoms with van der Waals surface area (Å²) in [5, 5.41) is 3.30. The second kappa shape index (κ2) is 4.46. The molecule has 88 valence electrons. The van der Waals surface area contributed by atoms with Gasteiger partial charge in [-0.3, -0.25) is 9.59 Å². The van der Waals surface area contributed by atoms with Gasteiger partial charge in [0, 0.05) is 18.6 Å². The quantitative estimate of drug-likeness (QED) is 0.841. The molecular formula is C10H7BrClN3O2. The zero-order valence-corrected chi connectivity index (χ0v) is 11.0. The van der Waals surface area contributed by atoms with Crippen LogP contribution in [0, 0.1) is 0 Å². The number of fused-ring (bicyclic) bond motifs is 1. The number of pyridine rings is 2. The lowest BCUT2D eigenvalue weighted by Gasteiger charge is -2.04. The number of nitrogens with zero attached hydrogens (tertiary/aromatic N) is 1. The van der Waals surface area contributed by atoms with Crippen molar-refractivity contribution in [2.75, 3.05) is 7.05 Å². The molecule has 2 heterocycles. The number of aromatic nitrogens is 2. The number of nitrogens with one attached hydrogen (secondary N) is 2. The van der Waals surface area contributed by atoms with Crippen molar-refractivity contribution < 1.29 is 4.79 Å². The number of hydrogen-bond donors (Lipinski definition) is 2. The molecule has 0 spiro atoms. The molecule has 0 radical (unpaired) electrons. The fourth-order valence-electron chi connectivity index (χ4n) is 1.40. The van der Waals surface area contributed by atoms with E-state index in [9.17, 15) is 9.59 Å². The predicted molar refractivity (Wildman–Crippen MR) is 68.5 cm³/mol. The summed E-state index contributed by atoms with van der Waals surface area (Å²) in [6.45, 7) is 0. The Morgan fingerprint density at radius 3 is 2.94 bits per heavy atom. The van der Waals surface area contributed by atoms with Crippen LogP contribution < -0.4 is 10.9 Å². The predicted octanol–water partition coefficient (Wildman–Crippen LogP) is 1.70. The molecule has 2 rings (SSSR count). The highest BCUT2D eigenvalue weighted by molar-refractivity contribution is 9.10. The number of carbonyl (C=O) groups is 1. The third-order valence-corrected chi connectivity index (χ3v) is 3.48. The maximum Gasteiger partial charge on any atom is 0.262 e. The van der Waals surface area contributed by atoms with E-state index in [0.29, 0.717) is 20.5 Å². The van der Waals surface area contributed by atoms with Crippen molar-refractivity contribution in [3.63, 3.8) is 0 Å². The van der Waals surface area contributed by atoms with Crippen LogP contribution in [0.2, 0.25) is 5.02 Å². The minimum Gasteiger partial charge on any atom is -0.355 e. The molecule has 1 amide bonds. The Morgan fingerprint density at radius 1 is 1.59 bits per heavy atom. The molecule has 2 N–H and O–H groups in total. The summed E-state index contributed by atoms with van der Waals surface area (Å²) in [7, 11) is 1.45. The summed E-state index contributed by atoms with van der Waals surface area (Å²) in [4.78, 5) is 29.6. The molecule has 0 fully saturated rings. The fraction of sp³-hybridized carbons (Fsp3) is 0.100. The van der Waals surface area contributed by atoms with Crippen molar-refractivity contribution in [3.05, 3.63) is 37.7 Å². The van der Waals surface area contributed by atoms with Gasteiger partial charge < -0.3 is 10.3 Å². The molecular weight excluding hydrogens is 309 g/mol. The van der Waals surface area contributed by atoms with Crippen molar-refractivity contribution in [1.82, 2.24) is 15.3 Å². The topological polar surface area (TPSA) is 74.8 Å². The maximum absolute atomic E-state index is 11.6. The standard InChI is InChI=1S/C10H7BrClN3O2/c1-13-9(16)5-2-4-7(12)6(11)3-14-8(4)15-10(5)17/h2-3H,1H3,(H,13,16)(H,14,15,17). The van der Waals surface area contributed by atoms with Crippen molar-refractivity contribution in [2.24, 2.45) is 0 Å². The summed E-state index contributed by atoms with van der Waals surface area (Å²) < 4.78 is 0.599. The highest BCUT2D eigenvalue weighted by Gasteiger charge is 2.13. The van der Waals surface area contributed by atoms with Gasteiger partial charge in [-0.1, -0.05) is 11.6 Å². The van der Waals surface area contributed by atoms with Gasteiger partial charge in [0.05, 0.1) is 9.50 Å². The number of hydrogen-bond acceptors (Lipinski definition) is 3. The Morgan fingerprint density at radius 2 is 2.29 bits per heavy atom. The van der Waals surface area contributed by atoms with Crippen LogP contribution in [0.4, 0.5) is 0 Å². The first-order valence-corrected chi connectivity index (χ1v) is 5.81.